The largest absolute Gasteiger partial charge is 0.341 e. The van der Waals surface area contributed by atoms with Crippen LogP contribution in [0.5, 0.6) is 0 Å². The van der Waals surface area contributed by atoms with Gasteiger partial charge in [-0.2, -0.15) is 0 Å². The van der Waals surface area contributed by atoms with E-state index in [1.54, 1.807) is 4.90 Å². The van der Waals surface area contributed by atoms with Crippen molar-refractivity contribution in [1.82, 2.24) is 10.2 Å². The van der Waals surface area contributed by atoms with Gasteiger partial charge in [-0.15, -0.1) is 0 Å². The van der Waals surface area contributed by atoms with E-state index in [9.17, 15) is 14.0 Å². The van der Waals surface area contributed by atoms with Crippen LogP contribution in [0.3, 0.4) is 0 Å². The predicted molar refractivity (Wildman–Crippen MR) is 101 cm³/mol. The number of halogens is 2. The fraction of sp³-hybridized carbons (Fsp3) is 0.300. The van der Waals surface area contributed by atoms with Gasteiger partial charge >= 0.3 is 0 Å². The Morgan fingerprint density at radius 1 is 1.12 bits per heavy atom. The van der Waals surface area contributed by atoms with Gasteiger partial charge in [0.15, 0.2) is 0 Å². The average Bonchev–Trinajstić information content (AvgIpc) is 3.18. The Labute approximate surface area is 160 Å². The number of likely N-dealkylation sites (tertiary alicyclic amines) is 1. The van der Waals surface area contributed by atoms with E-state index in [0.717, 1.165) is 18.4 Å². The summed E-state index contributed by atoms with van der Waals surface area (Å²) in [5, 5.41) is 2.74. The van der Waals surface area contributed by atoms with E-state index in [1.807, 2.05) is 30.3 Å². The molecule has 1 aliphatic rings. The van der Waals surface area contributed by atoms with E-state index >= 15 is 0 Å². The third-order valence-corrected chi connectivity index (χ3v) is 4.97. The van der Waals surface area contributed by atoms with Crippen LogP contribution in [0, 0.1) is 5.82 Å². The summed E-state index contributed by atoms with van der Waals surface area (Å²) in [4.78, 5) is 27.2. The van der Waals surface area contributed by atoms with Crippen LogP contribution in [0.2, 0.25) is 0 Å². The third-order valence-electron chi connectivity index (χ3n) is 4.48. The molecule has 136 valence electrons. The van der Waals surface area contributed by atoms with Crippen LogP contribution in [-0.2, 0) is 11.2 Å². The van der Waals surface area contributed by atoms with Crippen LogP contribution in [0.25, 0.3) is 0 Å². The molecule has 26 heavy (non-hydrogen) atoms. The van der Waals surface area contributed by atoms with Crippen molar-refractivity contribution < 1.29 is 14.0 Å². The minimum atomic E-state index is -0.721. The first-order chi connectivity index (χ1) is 12.5. The quantitative estimate of drug-likeness (QED) is 0.806. The highest BCUT2D eigenvalue weighted by Crippen LogP contribution is 2.17. The fourth-order valence-corrected chi connectivity index (χ4v) is 3.48. The maximum atomic E-state index is 14.0. The first-order valence-corrected chi connectivity index (χ1v) is 9.42. The van der Waals surface area contributed by atoms with Gasteiger partial charge in [0, 0.05) is 24.0 Å². The number of rotatable bonds is 5. The summed E-state index contributed by atoms with van der Waals surface area (Å²) in [6.45, 7) is 1.40. The Bertz CT molecular complexity index is 792. The van der Waals surface area contributed by atoms with Crippen molar-refractivity contribution in [2.45, 2.75) is 25.3 Å². The van der Waals surface area contributed by atoms with Gasteiger partial charge in [-0.05, 0) is 36.6 Å². The zero-order valence-corrected chi connectivity index (χ0v) is 15.8. The first-order valence-electron chi connectivity index (χ1n) is 8.63. The maximum absolute atomic E-state index is 14.0. The first kappa shape index (κ1) is 18.6. The number of nitrogens with zero attached hydrogens (tertiary/aromatic N) is 1. The van der Waals surface area contributed by atoms with E-state index in [2.05, 4.69) is 21.2 Å². The minimum Gasteiger partial charge on any atom is -0.341 e. The highest BCUT2D eigenvalue weighted by atomic mass is 79.9. The summed E-state index contributed by atoms with van der Waals surface area (Å²) in [5.74, 6) is -1.31. The molecule has 1 N–H and O–H groups in total. The molecule has 2 amide bonds. The Balaban J connectivity index is 1.81. The molecular formula is C20H20BrFN2O2. The third kappa shape index (κ3) is 4.49. The molecule has 2 aromatic rings. The number of nitrogens with one attached hydrogen (secondary N) is 1. The number of hydrogen-bond acceptors (Lipinski definition) is 2. The second kappa shape index (κ2) is 8.45. The summed E-state index contributed by atoms with van der Waals surface area (Å²) in [6.07, 6.45) is 2.31. The molecule has 2 aromatic carbocycles. The molecule has 1 heterocycles. The Hall–Kier alpha value is -2.21. The highest BCUT2D eigenvalue weighted by Gasteiger charge is 2.29. The number of amides is 2. The van der Waals surface area contributed by atoms with Crippen LogP contribution in [0.4, 0.5) is 4.39 Å². The van der Waals surface area contributed by atoms with Crippen molar-refractivity contribution in [3.63, 3.8) is 0 Å². The van der Waals surface area contributed by atoms with E-state index in [1.165, 1.54) is 18.2 Å². The number of carbonyl (C=O) groups excluding carboxylic acids is 2. The summed E-state index contributed by atoms with van der Waals surface area (Å²) in [6, 6.07) is 13.0. The zero-order valence-electron chi connectivity index (χ0n) is 14.3. The Morgan fingerprint density at radius 2 is 1.81 bits per heavy atom. The number of hydrogen-bond donors (Lipinski definition) is 1. The van der Waals surface area contributed by atoms with Crippen LogP contribution in [0.15, 0.2) is 53.0 Å². The van der Waals surface area contributed by atoms with Crippen molar-refractivity contribution in [3.05, 3.63) is 69.9 Å². The lowest BCUT2D eigenvalue weighted by molar-refractivity contribution is -0.132. The van der Waals surface area contributed by atoms with Crippen LogP contribution in [0.1, 0.15) is 28.8 Å². The monoisotopic (exact) mass is 418 g/mol. The number of carbonyl (C=O) groups is 2. The molecule has 0 radical (unpaired) electrons. The summed E-state index contributed by atoms with van der Waals surface area (Å²) >= 11 is 3.25. The van der Waals surface area contributed by atoms with E-state index in [-0.39, 0.29) is 11.5 Å². The molecule has 1 atom stereocenters. The Morgan fingerprint density at radius 3 is 2.50 bits per heavy atom. The van der Waals surface area contributed by atoms with Crippen molar-refractivity contribution in [3.8, 4) is 0 Å². The molecule has 0 aromatic heterocycles. The Kier molecular flexibility index (Phi) is 6.04. The zero-order chi connectivity index (χ0) is 18.5. The normalized spacial score (nSPS) is 14.9. The standard InChI is InChI=1S/C20H20BrFN2O2/c21-15-8-9-17(22)16(13-15)19(25)23-18(12-14-6-2-1-3-7-14)20(26)24-10-4-5-11-24/h1-3,6-9,13,18H,4-5,10-12H2,(H,23,25). The second-order valence-electron chi connectivity index (χ2n) is 6.37. The smallest absolute Gasteiger partial charge is 0.254 e. The van der Waals surface area contributed by atoms with Gasteiger partial charge in [0.2, 0.25) is 5.91 Å². The lowest BCUT2D eigenvalue weighted by Crippen LogP contribution is -2.49. The predicted octanol–water partition coefficient (Wildman–Crippen LogP) is 3.55. The lowest BCUT2D eigenvalue weighted by atomic mass is 10.0. The van der Waals surface area contributed by atoms with Gasteiger partial charge in [0.1, 0.15) is 11.9 Å². The maximum Gasteiger partial charge on any atom is 0.254 e. The van der Waals surface area contributed by atoms with Gasteiger partial charge < -0.3 is 10.2 Å². The van der Waals surface area contributed by atoms with Crippen LogP contribution < -0.4 is 5.32 Å². The van der Waals surface area contributed by atoms with Gasteiger partial charge in [-0.3, -0.25) is 9.59 Å². The highest BCUT2D eigenvalue weighted by molar-refractivity contribution is 9.10. The summed E-state index contributed by atoms with van der Waals surface area (Å²) in [7, 11) is 0. The average molecular weight is 419 g/mol. The molecular weight excluding hydrogens is 399 g/mol. The molecule has 0 bridgehead atoms. The molecule has 0 aliphatic carbocycles. The molecule has 1 saturated heterocycles. The van der Waals surface area contributed by atoms with Crippen molar-refractivity contribution >= 4 is 27.7 Å². The molecule has 6 heteroatoms. The van der Waals surface area contributed by atoms with Crippen molar-refractivity contribution in [2.24, 2.45) is 0 Å². The fourth-order valence-electron chi connectivity index (χ4n) is 3.12. The van der Waals surface area contributed by atoms with Gasteiger partial charge in [0.05, 0.1) is 5.56 Å². The van der Waals surface area contributed by atoms with Crippen molar-refractivity contribution in [2.75, 3.05) is 13.1 Å². The van der Waals surface area contributed by atoms with Gasteiger partial charge in [0.25, 0.3) is 5.91 Å². The molecule has 0 spiro atoms. The molecule has 1 aliphatic heterocycles. The summed E-state index contributed by atoms with van der Waals surface area (Å²) in [5.41, 5.74) is 0.867. The topological polar surface area (TPSA) is 49.4 Å². The van der Waals surface area contributed by atoms with E-state index in [4.69, 9.17) is 0 Å². The van der Waals surface area contributed by atoms with Crippen LogP contribution >= 0.6 is 15.9 Å². The summed E-state index contributed by atoms with van der Waals surface area (Å²) < 4.78 is 14.6. The second-order valence-corrected chi connectivity index (χ2v) is 7.29. The van der Waals surface area contributed by atoms with E-state index in [0.29, 0.717) is 24.0 Å². The van der Waals surface area contributed by atoms with Gasteiger partial charge in [-0.1, -0.05) is 46.3 Å². The SMILES string of the molecule is O=C(NC(Cc1ccccc1)C(=O)N1CCCC1)c1cc(Br)ccc1F. The number of benzene rings is 2. The molecule has 3 rings (SSSR count). The molecule has 1 unspecified atom stereocenters. The van der Waals surface area contributed by atoms with Crippen molar-refractivity contribution in [1.29, 1.82) is 0 Å². The molecule has 1 fully saturated rings. The van der Waals surface area contributed by atoms with E-state index < -0.39 is 17.8 Å². The molecule has 4 nitrogen and oxygen atoms in total. The van der Waals surface area contributed by atoms with Gasteiger partial charge in [-0.25, -0.2) is 4.39 Å². The van der Waals surface area contributed by atoms with Crippen LogP contribution in [-0.4, -0.2) is 35.8 Å². The lowest BCUT2D eigenvalue weighted by Gasteiger charge is -2.24. The minimum absolute atomic E-state index is 0.0772. The molecule has 0 saturated carbocycles.